The van der Waals surface area contributed by atoms with E-state index in [1.165, 1.54) is 5.57 Å². The molecule has 2 saturated heterocycles. The Balaban J connectivity index is 1.98. The Morgan fingerprint density at radius 1 is 1.10 bits per heavy atom. The minimum absolute atomic E-state index is 0.708. The Morgan fingerprint density at radius 3 is 2.10 bits per heavy atom. The van der Waals surface area contributed by atoms with E-state index in [9.17, 15) is 0 Å². The van der Waals surface area contributed by atoms with Gasteiger partial charge in [0, 0.05) is 44.9 Å². The first-order valence-electron chi connectivity index (χ1n) is 7.09. The summed E-state index contributed by atoms with van der Waals surface area (Å²) in [6.45, 7) is 4.18. The number of thioether (sulfide) groups is 2. The molecule has 3 aliphatic rings. The summed E-state index contributed by atoms with van der Waals surface area (Å²) in [6, 6.07) is 0. The van der Waals surface area contributed by atoms with Crippen LogP contribution in [0.4, 0.5) is 0 Å². The normalized spacial score (nSPS) is 33.0. The molecule has 0 aromatic rings. The number of rotatable bonds is 2. The molecule has 3 aliphatic heterocycles. The zero-order valence-corrected chi connectivity index (χ0v) is 14.3. The van der Waals surface area contributed by atoms with Gasteiger partial charge in [0.25, 0.3) is 0 Å². The smallest absolute Gasteiger partial charge is 0.250 e. The van der Waals surface area contributed by atoms with Crippen LogP contribution in [0.2, 0.25) is 0 Å². The van der Waals surface area contributed by atoms with E-state index in [-0.39, 0.29) is 0 Å². The van der Waals surface area contributed by atoms with Crippen molar-refractivity contribution >= 4 is 33.9 Å². The molecule has 0 radical (unpaired) electrons. The lowest BCUT2D eigenvalue weighted by atomic mass is 10.1. The second kappa shape index (κ2) is 5.96. The number of dihydropyridines is 1. The molecule has 2 fully saturated rings. The Morgan fingerprint density at radius 2 is 1.67 bits per heavy atom. The topological polar surface area (TPSA) is 43.2 Å². The molecule has 0 aliphatic carbocycles. The second-order valence-corrected chi connectivity index (χ2v) is 7.55. The van der Waals surface area contributed by atoms with Crippen molar-refractivity contribution in [3.8, 4) is 0 Å². The predicted molar refractivity (Wildman–Crippen MR) is 93.8 cm³/mol. The van der Waals surface area contributed by atoms with Crippen LogP contribution in [0.5, 0.6) is 0 Å². The highest BCUT2D eigenvalue weighted by Gasteiger charge is 2.32. The molecule has 0 aromatic carbocycles. The molecular formula is C14H21N5S2. The van der Waals surface area contributed by atoms with Crippen LogP contribution >= 0.6 is 23.5 Å². The largest absolute Gasteiger partial charge is 0.354 e. The van der Waals surface area contributed by atoms with Crippen LogP contribution in [-0.4, -0.2) is 64.6 Å². The average molecular weight is 323 g/mol. The third-order valence-electron chi connectivity index (χ3n) is 3.57. The van der Waals surface area contributed by atoms with E-state index >= 15 is 0 Å². The summed E-state index contributed by atoms with van der Waals surface area (Å²) in [7, 11) is 4.18. The SMILES string of the molecule is CC1=CC(N=C2SCCN2C)(N=C2SCCN2C)NC=C1. The van der Waals surface area contributed by atoms with Crippen molar-refractivity contribution in [2.24, 2.45) is 9.98 Å². The van der Waals surface area contributed by atoms with Crippen LogP contribution in [-0.2, 0) is 0 Å². The van der Waals surface area contributed by atoms with Crippen LogP contribution in [0.15, 0.2) is 33.9 Å². The second-order valence-electron chi connectivity index (χ2n) is 5.42. The molecule has 7 heteroatoms. The van der Waals surface area contributed by atoms with Gasteiger partial charge in [-0.15, -0.1) is 0 Å². The maximum atomic E-state index is 4.94. The molecule has 0 aromatic heterocycles. The first-order chi connectivity index (χ1) is 10.1. The van der Waals surface area contributed by atoms with Crippen molar-refractivity contribution < 1.29 is 0 Å². The van der Waals surface area contributed by atoms with Crippen LogP contribution in [0.25, 0.3) is 0 Å². The lowest BCUT2D eigenvalue weighted by Crippen LogP contribution is -2.41. The molecule has 0 bridgehead atoms. The molecule has 0 spiro atoms. The van der Waals surface area contributed by atoms with E-state index in [0.717, 1.165) is 34.9 Å². The van der Waals surface area contributed by atoms with E-state index in [1.807, 2.05) is 6.20 Å². The third-order valence-corrected chi connectivity index (χ3v) is 5.67. The van der Waals surface area contributed by atoms with Gasteiger partial charge in [-0.1, -0.05) is 23.5 Å². The van der Waals surface area contributed by atoms with Gasteiger partial charge in [0.1, 0.15) is 0 Å². The van der Waals surface area contributed by atoms with E-state index in [1.54, 1.807) is 23.5 Å². The van der Waals surface area contributed by atoms with Gasteiger partial charge in [0.15, 0.2) is 10.3 Å². The molecule has 21 heavy (non-hydrogen) atoms. The van der Waals surface area contributed by atoms with Gasteiger partial charge in [-0.25, -0.2) is 9.98 Å². The molecule has 0 atom stereocenters. The minimum atomic E-state index is -0.708. The monoisotopic (exact) mass is 323 g/mol. The van der Waals surface area contributed by atoms with Crippen molar-refractivity contribution in [1.82, 2.24) is 15.1 Å². The van der Waals surface area contributed by atoms with E-state index in [0.29, 0.717) is 0 Å². The summed E-state index contributed by atoms with van der Waals surface area (Å²) in [4.78, 5) is 14.3. The molecule has 3 heterocycles. The van der Waals surface area contributed by atoms with E-state index < -0.39 is 5.79 Å². The summed E-state index contributed by atoms with van der Waals surface area (Å²) in [5.74, 6) is 1.48. The summed E-state index contributed by atoms with van der Waals surface area (Å²) >= 11 is 3.59. The van der Waals surface area contributed by atoms with Gasteiger partial charge in [-0.3, -0.25) is 0 Å². The predicted octanol–water partition coefficient (Wildman–Crippen LogP) is 1.77. The summed E-state index contributed by atoms with van der Waals surface area (Å²) in [5.41, 5.74) is 1.18. The maximum absolute atomic E-state index is 4.94. The number of hydrogen-bond donors (Lipinski definition) is 1. The highest BCUT2D eigenvalue weighted by Crippen LogP contribution is 2.27. The first-order valence-corrected chi connectivity index (χ1v) is 9.06. The fraction of sp³-hybridized carbons (Fsp3) is 0.571. The van der Waals surface area contributed by atoms with Crippen molar-refractivity contribution in [1.29, 1.82) is 0 Å². The molecule has 0 unspecified atom stereocenters. The summed E-state index contributed by atoms with van der Waals surface area (Å²) in [6.07, 6.45) is 6.10. The average Bonchev–Trinajstić information content (AvgIpc) is 3.00. The zero-order chi connectivity index (χ0) is 14.9. The van der Waals surface area contributed by atoms with Crippen molar-refractivity contribution in [2.75, 3.05) is 38.7 Å². The Hall–Kier alpha value is -1.08. The number of hydrogen-bond acceptors (Lipinski definition) is 5. The fourth-order valence-corrected chi connectivity index (χ4v) is 4.47. The number of nitrogens with zero attached hydrogens (tertiary/aromatic N) is 4. The summed E-state index contributed by atoms with van der Waals surface area (Å²) < 4.78 is 0. The highest BCUT2D eigenvalue weighted by atomic mass is 32.2. The first kappa shape index (κ1) is 14.8. The Labute approximate surface area is 134 Å². The van der Waals surface area contributed by atoms with Gasteiger partial charge in [0.2, 0.25) is 5.79 Å². The third kappa shape index (κ3) is 3.23. The van der Waals surface area contributed by atoms with Gasteiger partial charge in [-0.05, 0) is 24.6 Å². The Bertz CT molecular complexity index is 507. The van der Waals surface area contributed by atoms with Gasteiger partial charge in [-0.2, -0.15) is 0 Å². The molecule has 0 saturated carbocycles. The standard InChI is InChI=1S/C14H21N5S2/c1-11-4-5-15-14(10-11,16-12-18(2)6-8-20-12)17-13-19(3)7-9-21-13/h4-5,10,15H,6-9H2,1-3H3. The number of aliphatic imine (C=N–C) groups is 2. The van der Waals surface area contributed by atoms with E-state index in [4.69, 9.17) is 9.98 Å². The molecule has 3 rings (SSSR count). The number of allylic oxidation sites excluding steroid dienone is 2. The van der Waals surface area contributed by atoms with Gasteiger partial charge in [0.05, 0.1) is 0 Å². The van der Waals surface area contributed by atoms with Crippen molar-refractivity contribution in [3.63, 3.8) is 0 Å². The molecular weight excluding hydrogens is 302 g/mol. The lowest BCUT2D eigenvalue weighted by Gasteiger charge is -2.28. The highest BCUT2D eigenvalue weighted by molar-refractivity contribution is 8.14. The number of nitrogens with one attached hydrogen (secondary N) is 1. The molecule has 1 N–H and O–H groups in total. The minimum Gasteiger partial charge on any atom is -0.354 e. The van der Waals surface area contributed by atoms with Gasteiger partial charge < -0.3 is 15.1 Å². The quantitative estimate of drug-likeness (QED) is 0.839. The van der Waals surface area contributed by atoms with Crippen molar-refractivity contribution in [3.05, 3.63) is 23.9 Å². The zero-order valence-electron chi connectivity index (χ0n) is 12.7. The van der Waals surface area contributed by atoms with Crippen molar-refractivity contribution in [2.45, 2.75) is 12.7 Å². The van der Waals surface area contributed by atoms with Crippen LogP contribution in [0.3, 0.4) is 0 Å². The van der Waals surface area contributed by atoms with E-state index in [2.05, 4.69) is 48.3 Å². The Kier molecular flexibility index (Phi) is 4.21. The summed E-state index contributed by atoms with van der Waals surface area (Å²) in [5, 5.41) is 5.45. The van der Waals surface area contributed by atoms with Crippen LogP contribution < -0.4 is 5.32 Å². The lowest BCUT2D eigenvalue weighted by molar-refractivity contribution is 0.465. The van der Waals surface area contributed by atoms with Crippen LogP contribution in [0.1, 0.15) is 6.92 Å². The molecule has 5 nitrogen and oxygen atoms in total. The fourth-order valence-electron chi connectivity index (χ4n) is 2.34. The molecule has 114 valence electrons. The molecule has 0 amide bonds. The maximum Gasteiger partial charge on any atom is 0.250 e. The van der Waals surface area contributed by atoms with Gasteiger partial charge >= 0.3 is 0 Å². The number of amidine groups is 2. The van der Waals surface area contributed by atoms with Crippen LogP contribution in [0, 0.1) is 0 Å².